The molecule has 0 saturated heterocycles. The average molecular weight is 745 g/mol. The van der Waals surface area contributed by atoms with Crippen LogP contribution in [0.15, 0.2) is 72.8 Å². The zero-order valence-corrected chi connectivity index (χ0v) is 36.1. The van der Waals surface area contributed by atoms with E-state index in [1.54, 1.807) is 0 Å². The van der Waals surface area contributed by atoms with Crippen LogP contribution in [0, 0.1) is 0 Å². The Morgan fingerprint density at radius 1 is 0.648 bits per heavy atom. The highest BCUT2D eigenvalue weighted by molar-refractivity contribution is 7.80. The van der Waals surface area contributed by atoms with E-state index in [0.717, 1.165) is 31.4 Å². The second-order valence-electron chi connectivity index (χ2n) is 20.0. The Bertz CT molecular complexity index is 1890. The molecule has 0 saturated carbocycles. The summed E-state index contributed by atoms with van der Waals surface area (Å²) in [6, 6.07) is 28.9. The maximum Gasteiger partial charge on any atom is 0.239 e. The van der Waals surface area contributed by atoms with Crippen molar-refractivity contribution in [3.8, 4) is 0 Å². The van der Waals surface area contributed by atoms with Crippen LogP contribution < -0.4 is 26.5 Å². The number of aliphatic hydroxyl groups excluding tert-OH is 1. The van der Waals surface area contributed by atoms with Crippen molar-refractivity contribution in [1.29, 1.82) is 0 Å². The van der Waals surface area contributed by atoms with Gasteiger partial charge in [0.05, 0.1) is 13.2 Å². The largest absolute Gasteiger partial charge is 0.395 e. The van der Waals surface area contributed by atoms with Crippen LogP contribution in [0.3, 0.4) is 0 Å². The van der Waals surface area contributed by atoms with Gasteiger partial charge < -0.3 is 15.7 Å². The number of rotatable bonds is 8. The topological polar surface area (TPSA) is 61.4 Å². The van der Waals surface area contributed by atoms with Crippen LogP contribution in [0.5, 0.6) is 0 Å². The summed E-state index contributed by atoms with van der Waals surface area (Å²) in [5, 5.41) is 20.0. The van der Waals surface area contributed by atoms with Gasteiger partial charge in [-0.2, -0.15) is 0 Å². The number of carbonyl (C=O) groups excluding carboxylic acids is 1. The first kappa shape index (κ1) is 40.2. The van der Waals surface area contributed by atoms with Crippen LogP contribution in [0.25, 0.3) is 0 Å². The number of amides is 1. The number of hydrogen-bond acceptors (Lipinski definition) is 3. The monoisotopic (exact) mass is 744 g/mol. The van der Waals surface area contributed by atoms with Gasteiger partial charge in [0.25, 0.3) is 0 Å². The number of anilines is 1. The fourth-order valence-corrected chi connectivity index (χ4v) is 11.3. The number of nitrogens with one attached hydrogen (secondary N) is 2. The van der Waals surface area contributed by atoms with Crippen molar-refractivity contribution < 1.29 is 9.90 Å². The third kappa shape index (κ3) is 7.94. The molecule has 3 N–H and O–H groups in total. The van der Waals surface area contributed by atoms with Gasteiger partial charge in [-0.05, 0) is 122 Å². The molecule has 288 valence electrons. The molecule has 0 fully saturated rings. The predicted octanol–water partition coefficient (Wildman–Crippen LogP) is 9.33. The minimum atomic E-state index is -0.977. The first-order valence-electron chi connectivity index (χ1n) is 20.1. The number of fused-ring (bicyclic) bond motifs is 4. The van der Waals surface area contributed by atoms with Gasteiger partial charge in [-0.1, -0.05) is 150 Å². The zero-order valence-electron chi connectivity index (χ0n) is 35.2. The Kier molecular flexibility index (Phi) is 10.8. The van der Waals surface area contributed by atoms with Gasteiger partial charge in [0.2, 0.25) is 5.91 Å². The lowest BCUT2D eigenvalue weighted by molar-refractivity contribution is -0.119. The highest BCUT2D eigenvalue weighted by atomic mass is 31.1. The number of aliphatic hydroxyl groups is 1. The summed E-state index contributed by atoms with van der Waals surface area (Å²) in [6.07, 6.45) is 4.20. The number of benzene rings is 4. The van der Waals surface area contributed by atoms with Crippen LogP contribution in [0.4, 0.5) is 5.69 Å². The Labute approximate surface area is 327 Å². The van der Waals surface area contributed by atoms with Crippen molar-refractivity contribution in [2.75, 3.05) is 25.0 Å². The Balaban J connectivity index is 1.65. The fourth-order valence-electron chi connectivity index (χ4n) is 8.57. The van der Waals surface area contributed by atoms with Crippen molar-refractivity contribution in [3.63, 3.8) is 0 Å². The zero-order chi connectivity index (χ0) is 39.4. The Hall–Kier alpha value is -3.46. The predicted molar refractivity (Wildman–Crippen MR) is 232 cm³/mol. The van der Waals surface area contributed by atoms with Crippen LogP contribution in [-0.2, 0) is 44.7 Å². The first-order chi connectivity index (χ1) is 25.1. The molecule has 0 aromatic heterocycles. The third-order valence-electron chi connectivity index (χ3n) is 11.8. The second-order valence-corrected chi connectivity index (χ2v) is 22.2. The summed E-state index contributed by atoms with van der Waals surface area (Å²) in [5.74, 6) is -0.105. The van der Waals surface area contributed by atoms with E-state index in [9.17, 15) is 9.90 Å². The van der Waals surface area contributed by atoms with Gasteiger partial charge in [-0.3, -0.25) is 4.79 Å². The highest BCUT2D eigenvalue weighted by Crippen LogP contribution is 2.56. The lowest BCUT2D eigenvalue weighted by Crippen LogP contribution is -2.34. The van der Waals surface area contributed by atoms with E-state index in [0.29, 0.717) is 0 Å². The molecule has 2 aliphatic rings. The summed E-state index contributed by atoms with van der Waals surface area (Å²) in [5.41, 5.74) is 12.2. The highest BCUT2D eigenvalue weighted by Gasteiger charge is 2.48. The molecule has 0 radical (unpaired) electrons. The maximum absolute atomic E-state index is 12.8. The molecule has 0 heterocycles. The van der Waals surface area contributed by atoms with E-state index in [2.05, 4.69) is 167 Å². The summed E-state index contributed by atoms with van der Waals surface area (Å²) >= 11 is 0. The molecular weight excluding hydrogens is 680 g/mol. The molecule has 4 nitrogen and oxygen atoms in total. The van der Waals surface area contributed by atoms with Crippen LogP contribution in [0.2, 0.25) is 0 Å². The molecule has 4 aromatic carbocycles. The van der Waals surface area contributed by atoms with Crippen molar-refractivity contribution in [2.24, 2.45) is 0 Å². The number of hydrogen-bond donors (Lipinski definition) is 3. The summed E-state index contributed by atoms with van der Waals surface area (Å²) in [7, 11) is -0.977. The normalized spacial score (nSPS) is 17.2. The standard InChI is InChI=1S/C49H65N2O2P/c1-45(2,3)34-25-35(46(4,5)6)28-38(27-34)54(39-29-36(47(7,8)9)26-37(30-39)48(10,11)12)41-18-14-16-33-20-22-49(44(33)41)21-19-32-15-13-17-40(43(32)49)51-31-42(53)50-23-24-52/h13-18,25-30,51-52H,19-24,31H2,1-12H3,(H,50,53)/t49-/m1/s1. The molecule has 5 heteroatoms. The van der Waals surface area contributed by atoms with Crippen LogP contribution >= 0.6 is 7.92 Å². The van der Waals surface area contributed by atoms with E-state index in [1.807, 2.05) is 0 Å². The minimum Gasteiger partial charge on any atom is -0.395 e. The van der Waals surface area contributed by atoms with E-state index < -0.39 is 7.92 Å². The van der Waals surface area contributed by atoms with E-state index in [-0.39, 0.29) is 52.7 Å². The molecule has 6 rings (SSSR count). The van der Waals surface area contributed by atoms with Gasteiger partial charge in [0.15, 0.2) is 0 Å². The molecule has 0 bridgehead atoms. The van der Waals surface area contributed by atoms with Crippen molar-refractivity contribution in [1.82, 2.24) is 5.32 Å². The third-order valence-corrected chi connectivity index (χ3v) is 14.2. The quantitative estimate of drug-likeness (QED) is 0.158. The van der Waals surface area contributed by atoms with E-state index in [1.165, 1.54) is 60.4 Å². The lowest BCUT2D eigenvalue weighted by atomic mass is 9.76. The van der Waals surface area contributed by atoms with Crippen molar-refractivity contribution in [3.05, 3.63) is 117 Å². The molecule has 54 heavy (non-hydrogen) atoms. The maximum atomic E-state index is 12.8. The van der Waals surface area contributed by atoms with Gasteiger partial charge in [0.1, 0.15) is 0 Å². The van der Waals surface area contributed by atoms with Gasteiger partial charge in [-0.25, -0.2) is 0 Å². The average Bonchev–Trinajstić information content (AvgIpc) is 3.66. The molecule has 4 aromatic rings. The minimum absolute atomic E-state index is 0.00483. The first-order valence-corrected chi connectivity index (χ1v) is 21.5. The van der Waals surface area contributed by atoms with Crippen LogP contribution in [0.1, 0.15) is 140 Å². The SMILES string of the molecule is CC(C)(C)c1cc(P(c2cc(C(C)(C)C)cc(C(C)(C)C)c2)c2cccc3c2[C@]2(CCc4cccc(NCC(=O)NCCO)c42)CC3)cc(C(C)(C)C)c1. The van der Waals surface area contributed by atoms with Gasteiger partial charge in [-0.15, -0.1) is 0 Å². The summed E-state index contributed by atoms with van der Waals surface area (Å²) in [4.78, 5) is 12.8. The molecule has 2 aliphatic carbocycles. The lowest BCUT2D eigenvalue weighted by Gasteiger charge is -2.35. The Morgan fingerprint density at radius 3 is 1.54 bits per heavy atom. The smallest absolute Gasteiger partial charge is 0.239 e. The molecule has 1 spiro atoms. The van der Waals surface area contributed by atoms with E-state index in [4.69, 9.17) is 0 Å². The molecule has 0 aliphatic heterocycles. The van der Waals surface area contributed by atoms with Crippen molar-refractivity contribution >= 4 is 35.4 Å². The Morgan fingerprint density at radius 2 is 1.09 bits per heavy atom. The molecule has 0 unspecified atom stereocenters. The van der Waals surface area contributed by atoms with Crippen LogP contribution in [-0.4, -0.2) is 30.7 Å². The number of aryl methyl sites for hydroxylation is 2. The van der Waals surface area contributed by atoms with Crippen molar-refractivity contribution in [2.45, 2.75) is 136 Å². The molecule has 1 amide bonds. The number of carbonyl (C=O) groups is 1. The van der Waals surface area contributed by atoms with E-state index >= 15 is 0 Å². The van der Waals surface area contributed by atoms with Gasteiger partial charge >= 0.3 is 0 Å². The van der Waals surface area contributed by atoms with Gasteiger partial charge in [0, 0.05) is 17.6 Å². The summed E-state index contributed by atoms with van der Waals surface area (Å²) < 4.78 is 0. The summed E-state index contributed by atoms with van der Waals surface area (Å²) in [6.45, 7) is 28.6. The second kappa shape index (κ2) is 14.6. The molecule has 1 atom stereocenters. The molecular formula is C49H65N2O2P. The fraction of sp³-hybridized carbons (Fsp3) is 0.490.